The molecule has 0 aromatic heterocycles. The van der Waals surface area contributed by atoms with E-state index in [1.807, 2.05) is 21.1 Å². The van der Waals surface area contributed by atoms with Crippen LogP contribution in [-0.4, -0.2) is 82.3 Å². The van der Waals surface area contributed by atoms with Gasteiger partial charge in [-0.3, -0.25) is 9.59 Å². The number of hydrogen-bond donors (Lipinski definition) is 0. The minimum Gasteiger partial charge on any atom is -0.545 e. The Morgan fingerprint density at radius 1 is 0.400 bits per heavy atom. The summed E-state index contributed by atoms with van der Waals surface area (Å²) in [5, 5.41) is 11.8. The molecule has 0 aliphatic heterocycles. The predicted molar refractivity (Wildman–Crippen MR) is 315 cm³/mol. The van der Waals surface area contributed by atoms with Gasteiger partial charge in [-0.2, -0.15) is 0 Å². The minimum atomic E-state index is -1.63. The van der Waals surface area contributed by atoms with Crippen LogP contribution in [0.1, 0.15) is 245 Å². The van der Waals surface area contributed by atoms with Crippen molar-refractivity contribution in [2.45, 2.75) is 257 Å². The second-order valence-corrected chi connectivity index (χ2v) is 21.2. The molecule has 0 saturated carbocycles. The topological polar surface area (TPSA) is 111 Å². The molecule has 0 bridgehead atoms. The van der Waals surface area contributed by atoms with Gasteiger partial charge in [0.1, 0.15) is 13.2 Å². The summed E-state index contributed by atoms with van der Waals surface area (Å²) in [5.41, 5.74) is 0. The van der Waals surface area contributed by atoms with Gasteiger partial charge in [-0.15, -0.1) is 0 Å². The van der Waals surface area contributed by atoms with E-state index in [4.69, 9.17) is 18.9 Å². The Kier molecular flexibility index (Phi) is 53.6. The molecule has 0 amide bonds. The van der Waals surface area contributed by atoms with Crippen LogP contribution >= 0.6 is 0 Å². The minimum absolute atomic E-state index is 0.143. The number of carbonyl (C=O) groups is 3. The summed E-state index contributed by atoms with van der Waals surface area (Å²) >= 11 is 0. The number of nitrogens with zero attached hydrogens (tertiary/aromatic N) is 1. The standard InChI is InChI=1S/C66H113NO8/c1-6-8-10-12-14-16-18-20-22-24-26-28-29-30-31-32-33-34-35-37-39-41-43-45-47-49-51-53-55-57-64(69)75-62(61-74-66(65(70)71)72-59-58-67(3,4)5)60-73-63(68)56-54-52-50-48-46-44-42-40-38-36-27-25-23-21-19-17-15-13-11-9-7-2/h8-11,14-17,20-23,26-28,36,62,66H,6-7,12-13,18-19,24-25,29-35,37-61H2,1-5H3/b10-8-,11-9-,16-14-,17-15-,22-20-,23-21-,28-26-,36-27-. The third-order valence-electron chi connectivity index (χ3n) is 12.8. The average molecular weight is 1050 g/mol. The third kappa shape index (κ3) is 57.7. The van der Waals surface area contributed by atoms with E-state index in [1.165, 1.54) is 109 Å². The van der Waals surface area contributed by atoms with Crippen LogP contribution in [0.4, 0.5) is 0 Å². The molecule has 2 unspecified atom stereocenters. The molecule has 0 aliphatic rings. The zero-order valence-corrected chi connectivity index (χ0v) is 48.9. The van der Waals surface area contributed by atoms with Gasteiger partial charge >= 0.3 is 11.9 Å². The van der Waals surface area contributed by atoms with Crippen molar-refractivity contribution in [3.05, 3.63) is 97.2 Å². The highest BCUT2D eigenvalue weighted by Gasteiger charge is 2.22. The Bertz CT molecular complexity index is 1550. The van der Waals surface area contributed by atoms with E-state index in [1.54, 1.807) is 0 Å². The Morgan fingerprint density at radius 2 is 0.720 bits per heavy atom. The molecule has 9 nitrogen and oxygen atoms in total. The van der Waals surface area contributed by atoms with E-state index in [0.29, 0.717) is 17.4 Å². The molecule has 0 aliphatic carbocycles. The van der Waals surface area contributed by atoms with Crippen LogP contribution in [0.15, 0.2) is 97.2 Å². The highest BCUT2D eigenvalue weighted by atomic mass is 16.7. The molecule has 2 atom stereocenters. The number of likely N-dealkylation sites (N-methyl/N-ethyl adjacent to an activating group) is 1. The Hall–Kier alpha value is -3.79. The van der Waals surface area contributed by atoms with E-state index < -0.39 is 24.3 Å². The van der Waals surface area contributed by atoms with Gasteiger partial charge in [0.15, 0.2) is 12.4 Å². The molecule has 0 rings (SSSR count). The number of esters is 2. The number of ether oxygens (including phenoxy) is 4. The third-order valence-corrected chi connectivity index (χ3v) is 12.8. The van der Waals surface area contributed by atoms with Gasteiger partial charge in [-0.05, 0) is 89.9 Å². The highest BCUT2D eigenvalue weighted by Crippen LogP contribution is 2.16. The zero-order valence-electron chi connectivity index (χ0n) is 48.9. The lowest BCUT2D eigenvalue weighted by Crippen LogP contribution is -2.44. The largest absolute Gasteiger partial charge is 0.545 e. The van der Waals surface area contributed by atoms with Gasteiger partial charge in [-0.1, -0.05) is 239 Å². The first-order valence-corrected chi connectivity index (χ1v) is 30.4. The quantitative estimate of drug-likeness (QED) is 0.0195. The first-order chi connectivity index (χ1) is 36.6. The van der Waals surface area contributed by atoms with Crippen molar-refractivity contribution in [2.75, 3.05) is 47.5 Å². The van der Waals surface area contributed by atoms with Gasteiger partial charge in [0.2, 0.25) is 0 Å². The number of hydrogen-bond acceptors (Lipinski definition) is 8. The lowest BCUT2D eigenvalue weighted by molar-refractivity contribution is -0.870. The molecule has 9 heteroatoms. The monoisotopic (exact) mass is 1050 g/mol. The molecule has 0 fully saturated rings. The van der Waals surface area contributed by atoms with Gasteiger partial charge in [-0.25, -0.2) is 0 Å². The summed E-state index contributed by atoms with van der Waals surface area (Å²) in [6.07, 6.45) is 73.1. The second kappa shape index (κ2) is 56.4. The van der Waals surface area contributed by atoms with Gasteiger partial charge in [0, 0.05) is 12.8 Å². The Balaban J connectivity index is 4.20. The molecular weight excluding hydrogens is 935 g/mol. The van der Waals surface area contributed by atoms with Crippen LogP contribution in [-0.2, 0) is 33.3 Å². The van der Waals surface area contributed by atoms with Crippen molar-refractivity contribution in [1.82, 2.24) is 0 Å². The highest BCUT2D eigenvalue weighted by molar-refractivity contribution is 5.70. The van der Waals surface area contributed by atoms with E-state index in [2.05, 4.69) is 111 Å². The van der Waals surface area contributed by atoms with Gasteiger partial charge in [0.25, 0.3) is 0 Å². The number of carbonyl (C=O) groups excluding carboxylic acids is 3. The normalized spacial score (nSPS) is 13.5. The van der Waals surface area contributed by atoms with Crippen molar-refractivity contribution in [2.24, 2.45) is 0 Å². The molecule has 0 spiro atoms. The summed E-state index contributed by atoms with van der Waals surface area (Å²) in [5.74, 6) is -2.29. The summed E-state index contributed by atoms with van der Waals surface area (Å²) in [6.45, 7) is 4.52. The fourth-order valence-corrected chi connectivity index (χ4v) is 8.23. The number of carboxylic acids is 1. The molecular formula is C66H113NO8. The summed E-state index contributed by atoms with van der Waals surface area (Å²) < 4.78 is 22.7. The van der Waals surface area contributed by atoms with Gasteiger partial charge in [0.05, 0.1) is 40.3 Å². The van der Waals surface area contributed by atoms with Crippen LogP contribution in [0.5, 0.6) is 0 Å². The fourth-order valence-electron chi connectivity index (χ4n) is 8.23. The first kappa shape index (κ1) is 71.2. The molecule has 0 heterocycles. The number of quaternary nitrogens is 1. The first-order valence-electron chi connectivity index (χ1n) is 30.4. The Morgan fingerprint density at radius 3 is 1.07 bits per heavy atom. The van der Waals surface area contributed by atoms with Crippen molar-refractivity contribution < 1.29 is 42.9 Å². The van der Waals surface area contributed by atoms with Crippen molar-refractivity contribution >= 4 is 17.9 Å². The maximum atomic E-state index is 12.9. The molecule has 0 N–H and O–H groups in total. The average Bonchev–Trinajstić information content (AvgIpc) is 3.38. The molecule has 0 aromatic carbocycles. The van der Waals surface area contributed by atoms with Crippen molar-refractivity contribution in [1.29, 1.82) is 0 Å². The Labute approximate surface area is 461 Å². The fraction of sp³-hybridized carbons (Fsp3) is 0.712. The lowest BCUT2D eigenvalue weighted by atomic mass is 10.0. The maximum absolute atomic E-state index is 12.9. The number of unbranched alkanes of at least 4 members (excludes halogenated alkanes) is 24. The molecule has 430 valence electrons. The summed E-state index contributed by atoms with van der Waals surface area (Å²) in [4.78, 5) is 37.4. The second-order valence-electron chi connectivity index (χ2n) is 21.2. The molecule has 75 heavy (non-hydrogen) atoms. The molecule has 0 saturated heterocycles. The smallest absolute Gasteiger partial charge is 0.306 e. The number of carboxylic acid groups (broad SMARTS) is 1. The van der Waals surface area contributed by atoms with E-state index >= 15 is 0 Å². The molecule has 0 radical (unpaired) electrons. The SMILES string of the molecule is CC/C=C\C/C=C\C/C=C\C/C=C\CCCCCCCCCCCCCCCCCCC(=O)OC(COC(=O)CCCCCCCCCC/C=C\C/C=C\C/C=C\C/C=C\CC)COC(OCC[N+](C)(C)C)C(=O)[O-]. The summed E-state index contributed by atoms with van der Waals surface area (Å²) in [6, 6.07) is 0. The predicted octanol–water partition coefficient (Wildman–Crippen LogP) is 16.8. The van der Waals surface area contributed by atoms with E-state index in [9.17, 15) is 19.5 Å². The lowest BCUT2D eigenvalue weighted by Gasteiger charge is -2.26. The van der Waals surface area contributed by atoms with Gasteiger partial charge < -0.3 is 33.3 Å². The number of allylic oxidation sites excluding steroid dienone is 16. The zero-order chi connectivity index (χ0) is 54.8. The van der Waals surface area contributed by atoms with Crippen LogP contribution in [0.3, 0.4) is 0 Å². The number of rotatable bonds is 55. The van der Waals surface area contributed by atoms with Crippen LogP contribution in [0, 0.1) is 0 Å². The van der Waals surface area contributed by atoms with Crippen molar-refractivity contribution in [3.8, 4) is 0 Å². The maximum Gasteiger partial charge on any atom is 0.306 e. The van der Waals surface area contributed by atoms with Crippen LogP contribution in [0.25, 0.3) is 0 Å². The summed E-state index contributed by atoms with van der Waals surface area (Å²) in [7, 11) is 5.92. The molecule has 0 aromatic rings. The van der Waals surface area contributed by atoms with Crippen molar-refractivity contribution in [3.63, 3.8) is 0 Å². The number of aliphatic carboxylic acids is 1. The van der Waals surface area contributed by atoms with Crippen LogP contribution in [0.2, 0.25) is 0 Å². The van der Waals surface area contributed by atoms with E-state index in [0.717, 1.165) is 103 Å². The van der Waals surface area contributed by atoms with Crippen LogP contribution < -0.4 is 5.11 Å². The van der Waals surface area contributed by atoms with E-state index in [-0.39, 0.29) is 38.6 Å².